The van der Waals surface area contributed by atoms with Crippen LogP contribution in [0.5, 0.6) is 5.75 Å². The third-order valence-corrected chi connectivity index (χ3v) is 3.20. The normalized spacial score (nSPS) is 11.4. The summed E-state index contributed by atoms with van der Waals surface area (Å²) in [4.78, 5) is 0.0809. The molecule has 0 unspecified atom stereocenters. The summed E-state index contributed by atoms with van der Waals surface area (Å²) in [5, 5.41) is 0.311. The number of halogens is 1. The number of benzene rings is 1. The zero-order valence-electron chi connectivity index (χ0n) is 7.87. The SMILES string of the molecule is COc1cc([NH3+])c(Cl)cc1S(C)(=O)=O. The number of ether oxygens (including phenoxy) is 1. The van der Waals surface area contributed by atoms with E-state index in [9.17, 15) is 8.42 Å². The van der Waals surface area contributed by atoms with Crippen LogP contribution in [0.2, 0.25) is 5.02 Å². The molecule has 4 nitrogen and oxygen atoms in total. The molecule has 0 spiro atoms. The molecule has 0 aliphatic heterocycles. The summed E-state index contributed by atoms with van der Waals surface area (Å²) in [7, 11) is -1.92. The number of hydrogen-bond acceptors (Lipinski definition) is 3. The van der Waals surface area contributed by atoms with Crippen molar-refractivity contribution in [3.63, 3.8) is 0 Å². The molecule has 0 amide bonds. The van der Waals surface area contributed by atoms with Gasteiger partial charge in [0.25, 0.3) is 0 Å². The van der Waals surface area contributed by atoms with Crippen LogP contribution in [0, 0.1) is 0 Å². The predicted octanol–water partition coefficient (Wildman–Crippen LogP) is 0.626. The second-order valence-corrected chi connectivity index (χ2v) is 5.26. The van der Waals surface area contributed by atoms with E-state index in [2.05, 4.69) is 5.73 Å². The van der Waals surface area contributed by atoms with E-state index in [0.717, 1.165) is 6.26 Å². The van der Waals surface area contributed by atoms with Crippen molar-refractivity contribution in [1.29, 1.82) is 0 Å². The molecule has 0 saturated heterocycles. The number of methoxy groups -OCH3 is 1. The van der Waals surface area contributed by atoms with Gasteiger partial charge in [0.1, 0.15) is 15.7 Å². The molecule has 3 N–H and O–H groups in total. The van der Waals surface area contributed by atoms with Crippen molar-refractivity contribution in [1.82, 2.24) is 0 Å². The van der Waals surface area contributed by atoms with Crippen molar-refractivity contribution < 1.29 is 18.9 Å². The molecule has 6 heteroatoms. The fraction of sp³-hybridized carbons (Fsp3) is 0.250. The van der Waals surface area contributed by atoms with E-state index in [-0.39, 0.29) is 10.6 Å². The molecule has 0 aliphatic rings. The smallest absolute Gasteiger partial charge is 0.179 e. The van der Waals surface area contributed by atoms with Gasteiger partial charge < -0.3 is 10.5 Å². The summed E-state index contributed by atoms with van der Waals surface area (Å²) in [6.45, 7) is 0. The second-order valence-electron chi connectivity index (χ2n) is 2.87. The highest BCUT2D eigenvalue weighted by atomic mass is 35.5. The second kappa shape index (κ2) is 3.76. The maximum absolute atomic E-state index is 11.3. The van der Waals surface area contributed by atoms with Crippen LogP contribution in [-0.4, -0.2) is 21.8 Å². The van der Waals surface area contributed by atoms with Gasteiger partial charge in [0, 0.05) is 12.3 Å². The Hall–Kier alpha value is -0.780. The van der Waals surface area contributed by atoms with E-state index in [1.165, 1.54) is 19.2 Å². The van der Waals surface area contributed by atoms with Crippen LogP contribution >= 0.6 is 11.6 Å². The molecule has 0 aliphatic carbocycles. The third kappa shape index (κ3) is 2.17. The Labute approximate surface area is 87.5 Å². The molecule has 0 bridgehead atoms. The van der Waals surface area contributed by atoms with Gasteiger partial charge in [0.05, 0.1) is 7.11 Å². The molecule has 0 radical (unpaired) electrons. The maximum Gasteiger partial charge on any atom is 0.179 e. The molecule has 0 heterocycles. The first kappa shape index (κ1) is 11.3. The lowest BCUT2D eigenvalue weighted by Crippen LogP contribution is -2.40. The molecule has 0 atom stereocenters. The van der Waals surface area contributed by atoms with Gasteiger partial charge >= 0.3 is 0 Å². The zero-order valence-corrected chi connectivity index (χ0v) is 9.45. The number of quaternary nitrogens is 1. The van der Waals surface area contributed by atoms with Gasteiger partial charge in [-0.2, -0.15) is 0 Å². The summed E-state index contributed by atoms with van der Waals surface area (Å²) in [5.74, 6) is 0.266. The summed E-state index contributed by atoms with van der Waals surface area (Å²) < 4.78 is 27.6. The largest absolute Gasteiger partial charge is 0.495 e. The van der Waals surface area contributed by atoms with Crippen molar-refractivity contribution in [2.75, 3.05) is 13.4 Å². The average molecular weight is 237 g/mol. The Morgan fingerprint density at radius 1 is 1.43 bits per heavy atom. The minimum atomic E-state index is -3.32. The van der Waals surface area contributed by atoms with Crippen LogP contribution in [0.15, 0.2) is 17.0 Å². The van der Waals surface area contributed by atoms with Crippen LogP contribution in [0.25, 0.3) is 0 Å². The summed E-state index contributed by atoms with van der Waals surface area (Å²) in [6, 6.07) is 2.84. The standard InChI is InChI=1S/C8H10ClNO3S/c1-13-7-4-6(10)5(9)3-8(7)14(2,11)12/h3-4H,10H2,1-2H3/p+1. The van der Waals surface area contributed by atoms with E-state index in [1.54, 1.807) is 0 Å². The molecule has 0 aromatic heterocycles. The van der Waals surface area contributed by atoms with Crippen molar-refractivity contribution in [2.24, 2.45) is 0 Å². The molecular weight excluding hydrogens is 226 g/mol. The first-order valence-corrected chi connectivity index (χ1v) is 6.02. The lowest BCUT2D eigenvalue weighted by molar-refractivity contribution is -0.254. The van der Waals surface area contributed by atoms with Gasteiger partial charge in [-0.05, 0) is 6.07 Å². The molecule has 0 saturated carbocycles. The summed E-state index contributed by atoms with van der Waals surface area (Å²) >= 11 is 5.77. The maximum atomic E-state index is 11.3. The number of rotatable bonds is 2. The van der Waals surface area contributed by atoms with Gasteiger partial charge in [-0.25, -0.2) is 8.42 Å². The lowest BCUT2D eigenvalue weighted by atomic mass is 10.3. The summed E-state index contributed by atoms with van der Waals surface area (Å²) in [6.07, 6.45) is 1.10. The predicted molar refractivity (Wildman–Crippen MR) is 53.7 cm³/mol. The lowest BCUT2D eigenvalue weighted by Gasteiger charge is -2.07. The fourth-order valence-corrected chi connectivity index (χ4v) is 2.09. The van der Waals surface area contributed by atoms with Gasteiger partial charge in [-0.1, -0.05) is 11.6 Å². The van der Waals surface area contributed by atoms with Gasteiger partial charge in [0.2, 0.25) is 0 Å². The molecule has 1 aromatic rings. The van der Waals surface area contributed by atoms with Crippen molar-refractivity contribution in [3.05, 3.63) is 17.2 Å². The Bertz CT molecular complexity index is 456. The minimum absolute atomic E-state index is 0.0809. The zero-order chi connectivity index (χ0) is 10.9. The Morgan fingerprint density at radius 3 is 2.43 bits per heavy atom. The van der Waals surface area contributed by atoms with Crippen molar-refractivity contribution >= 4 is 27.1 Å². The van der Waals surface area contributed by atoms with Crippen molar-refractivity contribution in [3.8, 4) is 5.75 Å². The number of sulfone groups is 1. The highest BCUT2D eigenvalue weighted by molar-refractivity contribution is 7.90. The number of hydrogen-bond donors (Lipinski definition) is 1. The first-order valence-electron chi connectivity index (χ1n) is 3.76. The molecule has 14 heavy (non-hydrogen) atoms. The van der Waals surface area contributed by atoms with Crippen molar-refractivity contribution in [2.45, 2.75) is 4.90 Å². The van der Waals surface area contributed by atoms with Crippen LogP contribution in [0.1, 0.15) is 0 Å². The van der Waals surface area contributed by atoms with Crippen LogP contribution in [-0.2, 0) is 9.84 Å². The molecule has 1 aromatic carbocycles. The Kier molecular flexibility index (Phi) is 3.04. The Balaban J connectivity index is 3.51. The average Bonchev–Trinajstić information content (AvgIpc) is 2.07. The summed E-state index contributed by atoms with van der Waals surface area (Å²) in [5.41, 5.74) is 4.18. The van der Waals surface area contributed by atoms with Gasteiger partial charge in [-0.15, -0.1) is 0 Å². The third-order valence-electron chi connectivity index (χ3n) is 1.73. The Morgan fingerprint density at radius 2 is 2.00 bits per heavy atom. The monoisotopic (exact) mass is 236 g/mol. The van der Waals surface area contributed by atoms with E-state index >= 15 is 0 Å². The molecular formula is C8H11ClNO3S+. The molecule has 78 valence electrons. The quantitative estimate of drug-likeness (QED) is 0.819. The highest BCUT2D eigenvalue weighted by Gasteiger charge is 2.17. The fourth-order valence-electron chi connectivity index (χ4n) is 1.03. The van der Waals surface area contributed by atoms with E-state index in [1.807, 2.05) is 0 Å². The molecule has 1 rings (SSSR count). The molecule has 0 fully saturated rings. The minimum Gasteiger partial charge on any atom is -0.495 e. The van der Waals surface area contributed by atoms with E-state index < -0.39 is 9.84 Å². The van der Waals surface area contributed by atoms with Gasteiger partial charge in [-0.3, -0.25) is 0 Å². The van der Waals surface area contributed by atoms with Gasteiger partial charge in [0.15, 0.2) is 15.5 Å². The first-order chi connectivity index (χ1) is 6.36. The van der Waals surface area contributed by atoms with Crippen LogP contribution in [0.3, 0.4) is 0 Å². The topological polar surface area (TPSA) is 71.0 Å². The highest BCUT2D eigenvalue weighted by Crippen LogP contribution is 2.30. The van der Waals surface area contributed by atoms with Crippen LogP contribution < -0.4 is 10.5 Å². The van der Waals surface area contributed by atoms with E-state index in [0.29, 0.717) is 10.7 Å². The van der Waals surface area contributed by atoms with Crippen LogP contribution in [0.4, 0.5) is 5.69 Å². The van der Waals surface area contributed by atoms with E-state index in [4.69, 9.17) is 16.3 Å².